The van der Waals surface area contributed by atoms with Crippen LogP contribution >= 0.6 is 0 Å². The summed E-state index contributed by atoms with van der Waals surface area (Å²) in [5.41, 5.74) is 1.09. The largest absolute Gasteiger partial charge is 0.339 e. The number of hydrogen-bond acceptors (Lipinski definition) is 4. The zero-order chi connectivity index (χ0) is 17.9. The fraction of sp³-hybridized carbons (Fsp3) is 0.550. The highest BCUT2D eigenvalue weighted by molar-refractivity contribution is 5.78. The smallest absolute Gasteiger partial charge is 0.237 e. The van der Waals surface area contributed by atoms with E-state index >= 15 is 0 Å². The van der Waals surface area contributed by atoms with Crippen molar-refractivity contribution < 1.29 is 4.79 Å². The van der Waals surface area contributed by atoms with Gasteiger partial charge >= 0.3 is 0 Å². The van der Waals surface area contributed by atoms with Gasteiger partial charge in [-0.25, -0.2) is 0 Å². The molecule has 0 saturated carbocycles. The van der Waals surface area contributed by atoms with E-state index in [2.05, 4.69) is 43.6 Å². The number of piperidine rings is 1. The number of aromatic nitrogens is 3. The highest BCUT2D eigenvalue weighted by Crippen LogP contribution is 2.23. The van der Waals surface area contributed by atoms with Crippen molar-refractivity contribution in [2.45, 2.75) is 51.7 Å². The molecule has 0 radical (unpaired) electrons. The molecule has 138 valence electrons. The van der Waals surface area contributed by atoms with E-state index in [1.54, 1.807) is 0 Å². The summed E-state index contributed by atoms with van der Waals surface area (Å²) in [6.07, 6.45) is 4.59. The molecule has 1 aromatic heterocycles. The normalized spacial score (nSPS) is 20.8. The first-order valence-corrected chi connectivity index (χ1v) is 9.75. The molecule has 2 aliphatic heterocycles. The maximum Gasteiger partial charge on any atom is 0.237 e. The highest BCUT2D eigenvalue weighted by Gasteiger charge is 2.28. The summed E-state index contributed by atoms with van der Waals surface area (Å²) >= 11 is 0. The molecule has 0 bridgehead atoms. The minimum atomic E-state index is 0.271. The Labute approximate surface area is 154 Å². The van der Waals surface area contributed by atoms with Gasteiger partial charge in [0.15, 0.2) is 5.82 Å². The number of carbonyl (C=O) groups is 1. The Kier molecular flexibility index (Phi) is 5.02. The predicted molar refractivity (Wildman–Crippen MR) is 100 cm³/mol. The van der Waals surface area contributed by atoms with Crippen LogP contribution in [0.3, 0.4) is 0 Å². The fourth-order valence-corrected chi connectivity index (χ4v) is 4.18. The van der Waals surface area contributed by atoms with Crippen molar-refractivity contribution in [1.29, 1.82) is 0 Å². The summed E-state index contributed by atoms with van der Waals surface area (Å²) in [5.74, 6) is 2.15. The van der Waals surface area contributed by atoms with Gasteiger partial charge in [0.2, 0.25) is 5.91 Å². The Balaban J connectivity index is 1.43. The van der Waals surface area contributed by atoms with Crippen LogP contribution < -0.4 is 0 Å². The van der Waals surface area contributed by atoms with E-state index in [1.165, 1.54) is 6.42 Å². The van der Waals surface area contributed by atoms with Crippen LogP contribution in [0.5, 0.6) is 0 Å². The average molecular weight is 353 g/mol. The number of fused-ring (bicyclic) bond motifs is 1. The van der Waals surface area contributed by atoms with Crippen LogP contribution in [0.1, 0.15) is 38.4 Å². The minimum Gasteiger partial charge on any atom is -0.339 e. The van der Waals surface area contributed by atoms with Crippen molar-refractivity contribution in [1.82, 2.24) is 24.6 Å². The summed E-state index contributed by atoms with van der Waals surface area (Å²) < 4.78 is 2.19. The molecule has 6 heteroatoms. The molecule has 4 rings (SSSR count). The summed E-state index contributed by atoms with van der Waals surface area (Å²) in [6, 6.07) is 10.6. The van der Waals surface area contributed by atoms with Crippen LogP contribution in [0.25, 0.3) is 11.4 Å². The molecule has 6 nitrogen and oxygen atoms in total. The Bertz CT molecular complexity index is 757. The number of nitrogens with zero attached hydrogens (tertiary/aromatic N) is 5. The third kappa shape index (κ3) is 3.38. The molecule has 0 N–H and O–H groups in total. The van der Waals surface area contributed by atoms with Gasteiger partial charge in [-0.05, 0) is 25.7 Å². The summed E-state index contributed by atoms with van der Waals surface area (Å²) in [4.78, 5) is 17.1. The van der Waals surface area contributed by atoms with Crippen LogP contribution in [-0.2, 0) is 17.9 Å². The first-order valence-electron chi connectivity index (χ1n) is 9.75. The Morgan fingerprint density at radius 2 is 1.96 bits per heavy atom. The van der Waals surface area contributed by atoms with E-state index in [4.69, 9.17) is 0 Å². The Hall–Kier alpha value is -2.21. The van der Waals surface area contributed by atoms with Crippen molar-refractivity contribution in [3.8, 4) is 11.4 Å². The van der Waals surface area contributed by atoms with Gasteiger partial charge in [0, 0.05) is 31.2 Å². The average Bonchev–Trinajstić information content (AvgIpc) is 3.12. The van der Waals surface area contributed by atoms with Crippen LogP contribution in [0.4, 0.5) is 0 Å². The minimum absolute atomic E-state index is 0.271. The van der Waals surface area contributed by atoms with Gasteiger partial charge in [0.1, 0.15) is 5.82 Å². The van der Waals surface area contributed by atoms with E-state index in [-0.39, 0.29) is 5.91 Å². The number of likely N-dealkylation sites (tertiary alicyclic amines) is 1. The zero-order valence-corrected chi connectivity index (χ0v) is 15.5. The maximum atomic E-state index is 12.8. The monoisotopic (exact) mass is 353 g/mol. The van der Waals surface area contributed by atoms with Gasteiger partial charge in [0.05, 0.1) is 13.1 Å². The molecule has 1 fully saturated rings. The number of amides is 1. The SMILES string of the molecule is CCC1CCCCN1C(=O)CN1CCn2c(nnc2-c2ccccc2)C1. The van der Waals surface area contributed by atoms with E-state index in [1.807, 2.05) is 18.2 Å². The first-order chi connectivity index (χ1) is 12.8. The summed E-state index contributed by atoms with van der Waals surface area (Å²) in [6.45, 7) is 5.97. The lowest BCUT2D eigenvalue weighted by Gasteiger charge is -2.37. The third-order valence-corrected chi connectivity index (χ3v) is 5.64. The maximum absolute atomic E-state index is 12.8. The molecule has 2 aliphatic rings. The van der Waals surface area contributed by atoms with Crippen LogP contribution in [0.2, 0.25) is 0 Å². The number of carbonyl (C=O) groups excluding carboxylic acids is 1. The first kappa shape index (κ1) is 17.2. The van der Waals surface area contributed by atoms with Crippen LogP contribution in [0, 0.1) is 0 Å². The second-order valence-electron chi connectivity index (χ2n) is 7.31. The van der Waals surface area contributed by atoms with Crippen molar-refractivity contribution >= 4 is 5.91 Å². The molecule has 1 atom stereocenters. The molecule has 2 aromatic rings. The second kappa shape index (κ2) is 7.58. The quantitative estimate of drug-likeness (QED) is 0.848. The van der Waals surface area contributed by atoms with E-state index in [0.29, 0.717) is 19.1 Å². The molecule has 1 aromatic carbocycles. The van der Waals surface area contributed by atoms with Crippen LogP contribution in [-0.4, -0.2) is 56.1 Å². The van der Waals surface area contributed by atoms with Crippen molar-refractivity contribution in [3.63, 3.8) is 0 Å². The van der Waals surface area contributed by atoms with Crippen molar-refractivity contribution in [3.05, 3.63) is 36.2 Å². The molecule has 1 saturated heterocycles. The molecule has 3 heterocycles. The van der Waals surface area contributed by atoms with Gasteiger partial charge < -0.3 is 9.47 Å². The highest BCUT2D eigenvalue weighted by atomic mass is 16.2. The fourth-order valence-electron chi connectivity index (χ4n) is 4.18. The molecule has 1 unspecified atom stereocenters. The summed E-state index contributed by atoms with van der Waals surface area (Å²) in [5, 5.41) is 8.77. The zero-order valence-electron chi connectivity index (χ0n) is 15.5. The van der Waals surface area contributed by atoms with Gasteiger partial charge in [-0.15, -0.1) is 10.2 Å². The molecule has 0 spiro atoms. The lowest BCUT2D eigenvalue weighted by Crippen LogP contribution is -2.49. The van der Waals surface area contributed by atoms with Gasteiger partial charge in [0.25, 0.3) is 0 Å². The predicted octanol–water partition coefficient (Wildman–Crippen LogP) is 2.55. The molecule has 1 amide bonds. The van der Waals surface area contributed by atoms with Gasteiger partial charge in [-0.1, -0.05) is 37.3 Å². The molecular weight excluding hydrogens is 326 g/mol. The lowest BCUT2D eigenvalue weighted by atomic mass is 10.00. The standard InChI is InChI=1S/C20H27N5O/c1-2-17-10-6-7-11-24(17)19(26)15-23-12-13-25-18(14-23)21-22-20(25)16-8-4-3-5-9-16/h3-5,8-9,17H,2,6-7,10-15H2,1H3. The molecule has 0 aliphatic carbocycles. The Morgan fingerprint density at radius 3 is 2.77 bits per heavy atom. The molecular formula is C20H27N5O. The summed E-state index contributed by atoms with van der Waals surface area (Å²) in [7, 11) is 0. The van der Waals surface area contributed by atoms with E-state index < -0.39 is 0 Å². The second-order valence-corrected chi connectivity index (χ2v) is 7.31. The third-order valence-electron chi connectivity index (χ3n) is 5.64. The van der Waals surface area contributed by atoms with E-state index in [9.17, 15) is 4.79 Å². The van der Waals surface area contributed by atoms with Crippen LogP contribution in [0.15, 0.2) is 30.3 Å². The lowest BCUT2D eigenvalue weighted by molar-refractivity contribution is -0.136. The van der Waals surface area contributed by atoms with Crippen molar-refractivity contribution in [2.75, 3.05) is 19.6 Å². The number of hydrogen-bond donors (Lipinski definition) is 0. The Morgan fingerprint density at radius 1 is 1.12 bits per heavy atom. The van der Waals surface area contributed by atoms with Gasteiger partial charge in [-0.2, -0.15) is 0 Å². The topological polar surface area (TPSA) is 54.3 Å². The van der Waals surface area contributed by atoms with E-state index in [0.717, 1.165) is 56.1 Å². The number of rotatable bonds is 4. The van der Waals surface area contributed by atoms with Gasteiger partial charge in [-0.3, -0.25) is 9.69 Å². The number of benzene rings is 1. The molecule has 26 heavy (non-hydrogen) atoms. The van der Waals surface area contributed by atoms with Crippen molar-refractivity contribution in [2.24, 2.45) is 0 Å².